The second-order valence-electron chi connectivity index (χ2n) is 6.46. The van der Waals surface area contributed by atoms with Crippen molar-refractivity contribution in [3.05, 3.63) is 65.7 Å². The first-order chi connectivity index (χ1) is 11.6. The lowest BCUT2D eigenvalue weighted by Crippen LogP contribution is -2.45. The summed E-state index contributed by atoms with van der Waals surface area (Å²) in [6.45, 7) is 0.688. The Labute approximate surface area is 141 Å². The van der Waals surface area contributed by atoms with Gasteiger partial charge in [-0.05, 0) is 62.8 Å². The van der Waals surface area contributed by atoms with Gasteiger partial charge in [0.2, 0.25) is 0 Å². The lowest BCUT2D eigenvalue weighted by atomic mass is 9.99. The van der Waals surface area contributed by atoms with E-state index in [9.17, 15) is 9.18 Å². The highest BCUT2D eigenvalue weighted by Gasteiger charge is 2.38. The Morgan fingerprint density at radius 1 is 1.29 bits per heavy atom. The highest BCUT2D eigenvalue weighted by atomic mass is 19.1. The summed E-state index contributed by atoms with van der Waals surface area (Å²) in [5.74, 6) is -0.479. The minimum absolute atomic E-state index is 0.0677. The van der Waals surface area contributed by atoms with Gasteiger partial charge in [0.15, 0.2) is 0 Å². The van der Waals surface area contributed by atoms with E-state index in [2.05, 4.69) is 9.88 Å². The summed E-state index contributed by atoms with van der Waals surface area (Å²) < 4.78 is 13.5. The molecule has 0 aliphatic carbocycles. The first-order valence-electron chi connectivity index (χ1n) is 8.18. The van der Waals surface area contributed by atoms with Gasteiger partial charge in [-0.2, -0.15) is 0 Å². The molecule has 0 bridgehead atoms. The normalized spacial score (nSPS) is 20.6. The number of likely N-dealkylation sites (N-methyl/N-ethyl adjacent to an activating group) is 1. The van der Waals surface area contributed by atoms with E-state index < -0.39 is 0 Å². The van der Waals surface area contributed by atoms with Crippen molar-refractivity contribution in [2.75, 3.05) is 20.6 Å². The fourth-order valence-electron chi connectivity index (χ4n) is 3.49. The monoisotopic (exact) mass is 327 g/mol. The zero-order chi connectivity index (χ0) is 17.1. The number of amides is 1. The maximum Gasteiger partial charge on any atom is 0.254 e. The summed E-state index contributed by atoms with van der Waals surface area (Å²) in [5, 5.41) is 0. The molecule has 2 heterocycles. The van der Waals surface area contributed by atoms with Crippen molar-refractivity contribution in [1.82, 2.24) is 14.8 Å². The van der Waals surface area contributed by atoms with E-state index in [-0.39, 0.29) is 23.8 Å². The fourth-order valence-corrected chi connectivity index (χ4v) is 3.49. The van der Waals surface area contributed by atoms with Crippen LogP contribution in [0.1, 0.15) is 22.3 Å². The van der Waals surface area contributed by atoms with Crippen molar-refractivity contribution in [3.8, 4) is 0 Å². The maximum atomic E-state index is 13.5. The lowest BCUT2D eigenvalue weighted by Gasteiger charge is -2.31. The van der Waals surface area contributed by atoms with Gasteiger partial charge in [0.1, 0.15) is 5.82 Å². The third-order valence-corrected chi connectivity index (χ3v) is 4.70. The Bertz CT molecular complexity index is 705. The van der Waals surface area contributed by atoms with Crippen LogP contribution in [0, 0.1) is 5.82 Å². The molecule has 2 aromatic rings. The van der Waals surface area contributed by atoms with Gasteiger partial charge in [0, 0.05) is 30.5 Å². The number of hydrogen-bond acceptors (Lipinski definition) is 3. The quantitative estimate of drug-likeness (QED) is 0.866. The van der Waals surface area contributed by atoms with Gasteiger partial charge in [0.25, 0.3) is 5.91 Å². The number of benzene rings is 1. The molecule has 5 heteroatoms. The van der Waals surface area contributed by atoms with Crippen LogP contribution >= 0.6 is 0 Å². The van der Waals surface area contributed by atoms with Gasteiger partial charge in [-0.25, -0.2) is 4.39 Å². The van der Waals surface area contributed by atoms with Gasteiger partial charge in [-0.15, -0.1) is 0 Å². The van der Waals surface area contributed by atoms with E-state index in [0.717, 1.165) is 18.4 Å². The molecule has 4 nitrogen and oxygen atoms in total. The highest BCUT2D eigenvalue weighted by molar-refractivity contribution is 5.94. The van der Waals surface area contributed by atoms with Crippen LogP contribution in [0.5, 0.6) is 0 Å². The van der Waals surface area contributed by atoms with E-state index in [1.165, 1.54) is 12.1 Å². The Kier molecular flexibility index (Phi) is 4.90. The molecule has 0 radical (unpaired) electrons. The fraction of sp³-hybridized carbons (Fsp3) is 0.368. The highest BCUT2D eigenvalue weighted by Crippen LogP contribution is 2.26. The zero-order valence-corrected chi connectivity index (χ0v) is 14.0. The minimum Gasteiger partial charge on any atom is -0.334 e. The summed E-state index contributed by atoms with van der Waals surface area (Å²) in [6, 6.07) is 10.3. The molecule has 2 atom stereocenters. The molecule has 1 saturated heterocycles. The number of likely N-dealkylation sites (tertiary alicyclic amines) is 1. The average molecular weight is 327 g/mol. The molecule has 1 fully saturated rings. The molecule has 0 N–H and O–H groups in total. The van der Waals surface area contributed by atoms with Crippen LogP contribution in [0.15, 0.2) is 48.8 Å². The predicted molar refractivity (Wildman–Crippen MR) is 91.3 cm³/mol. The molecule has 1 amide bonds. The molecule has 1 aliphatic heterocycles. The van der Waals surface area contributed by atoms with Gasteiger partial charge in [-0.1, -0.05) is 6.07 Å². The number of carbonyl (C=O) groups excluding carboxylic acids is 1. The van der Waals surface area contributed by atoms with Crippen LogP contribution in [0.25, 0.3) is 0 Å². The number of carbonyl (C=O) groups is 1. The molecule has 0 saturated carbocycles. The zero-order valence-electron chi connectivity index (χ0n) is 14.0. The van der Waals surface area contributed by atoms with E-state index in [4.69, 9.17) is 0 Å². The molecule has 1 aromatic carbocycles. The molecule has 1 aliphatic rings. The van der Waals surface area contributed by atoms with Crippen LogP contribution in [0.4, 0.5) is 4.39 Å². The second-order valence-corrected chi connectivity index (χ2v) is 6.46. The third-order valence-electron chi connectivity index (χ3n) is 4.70. The van der Waals surface area contributed by atoms with Crippen LogP contribution < -0.4 is 0 Å². The molecule has 126 valence electrons. The largest absolute Gasteiger partial charge is 0.334 e. The van der Waals surface area contributed by atoms with Crippen molar-refractivity contribution in [1.29, 1.82) is 0 Å². The molecular weight excluding hydrogens is 305 g/mol. The summed E-state index contributed by atoms with van der Waals surface area (Å²) in [7, 11) is 4.08. The minimum atomic E-state index is -0.380. The van der Waals surface area contributed by atoms with Crippen LogP contribution in [-0.2, 0) is 6.42 Å². The van der Waals surface area contributed by atoms with Crippen molar-refractivity contribution >= 4 is 5.91 Å². The van der Waals surface area contributed by atoms with Gasteiger partial charge < -0.3 is 9.80 Å². The maximum absolute atomic E-state index is 13.5. The van der Waals surface area contributed by atoms with Gasteiger partial charge in [-0.3, -0.25) is 9.78 Å². The number of rotatable bonds is 4. The second kappa shape index (κ2) is 7.09. The van der Waals surface area contributed by atoms with Crippen molar-refractivity contribution in [2.24, 2.45) is 0 Å². The molecule has 0 unspecified atom stereocenters. The predicted octanol–water partition coefficient (Wildman–Crippen LogP) is 2.61. The smallest absolute Gasteiger partial charge is 0.254 e. The Morgan fingerprint density at radius 3 is 2.71 bits per heavy atom. The van der Waals surface area contributed by atoms with E-state index >= 15 is 0 Å². The number of hydrogen-bond donors (Lipinski definition) is 0. The average Bonchev–Trinajstić information content (AvgIpc) is 2.99. The van der Waals surface area contributed by atoms with E-state index in [1.54, 1.807) is 24.5 Å². The molecule has 1 aromatic heterocycles. The number of halogens is 1. The molecule has 0 spiro atoms. The Balaban J connectivity index is 1.86. The SMILES string of the molecule is CN(C)[C@@H]1CCN(C(=O)c2cccc(F)c2)[C@H]1Cc1ccncc1. The first kappa shape index (κ1) is 16.6. The Hall–Kier alpha value is -2.27. The first-order valence-corrected chi connectivity index (χ1v) is 8.18. The molecule has 3 rings (SSSR count). The van der Waals surface area contributed by atoms with Crippen LogP contribution in [0.3, 0.4) is 0 Å². The van der Waals surface area contributed by atoms with Crippen molar-refractivity contribution in [3.63, 3.8) is 0 Å². The summed E-state index contributed by atoms with van der Waals surface area (Å²) in [6.07, 6.45) is 5.23. The van der Waals surface area contributed by atoms with E-state index in [0.29, 0.717) is 12.1 Å². The number of pyridine rings is 1. The van der Waals surface area contributed by atoms with Crippen molar-refractivity contribution in [2.45, 2.75) is 24.9 Å². The third kappa shape index (κ3) is 3.46. The van der Waals surface area contributed by atoms with Crippen molar-refractivity contribution < 1.29 is 9.18 Å². The number of aromatic nitrogens is 1. The summed E-state index contributed by atoms with van der Waals surface area (Å²) in [4.78, 5) is 21.0. The number of nitrogens with zero attached hydrogens (tertiary/aromatic N) is 3. The molecular formula is C19H22FN3O. The lowest BCUT2D eigenvalue weighted by molar-refractivity contribution is 0.0704. The summed E-state index contributed by atoms with van der Waals surface area (Å²) in [5.41, 5.74) is 1.56. The van der Waals surface area contributed by atoms with E-state index in [1.807, 2.05) is 31.1 Å². The van der Waals surface area contributed by atoms with Gasteiger partial charge >= 0.3 is 0 Å². The molecule has 24 heavy (non-hydrogen) atoms. The van der Waals surface area contributed by atoms with Crippen LogP contribution in [-0.4, -0.2) is 53.4 Å². The topological polar surface area (TPSA) is 36.4 Å². The Morgan fingerprint density at radius 2 is 2.04 bits per heavy atom. The summed E-state index contributed by atoms with van der Waals surface area (Å²) >= 11 is 0. The van der Waals surface area contributed by atoms with Gasteiger partial charge in [0.05, 0.1) is 6.04 Å². The standard InChI is InChI=1S/C19H22FN3O/c1-22(2)17-8-11-23(18(17)12-14-6-9-21-10-7-14)19(24)15-4-3-5-16(20)13-15/h3-7,9-10,13,17-18H,8,11-12H2,1-2H3/t17-,18+/m1/s1. The van der Waals surface area contributed by atoms with Crippen LogP contribution in [0.2, 0.25) is 0 Å².